The number of carboxylic acid groups (broad SMARTS) is 1. The van der Waals surface area contributed by atoms with Gasteiger partial charge in [-0.2, -0.15) is 0 Å². The van der Waals surface area contributed by atoms with Crippen LogP contribution in [0.1, 0.15) is 23.7 Å². The van der Waals surface area contributed by atoms with E-state index in [1.807, 2.05) is 53.2 Å². The summed E-state index contributed by atoms with van der Waals surface area (Å²) >= 11 is 0. The normalized spacial score (nSPS) is 10.9. The second-order valence-corrected chi connectivity index (χ2v) is 8.25. The van der Waals surface area contributed by atoms with Crippen LogP contribution in [0.2, 0.25) is 0 Å². The number of fused-ring (bicyclic) bond motifs is 3. The number of aromatic nitrogens is 3. The van der Waals surface area contributed by atoms with Crippen LogP contribution < -0.4 is 11.3 Å². The van der Waals surface area contributed by atoms with E-state index in [-0.39, 0.29) is 5.56 Å². The van der Waals surface area contributed by atoms with Gasteiger partial charge in [-0.3, -0.25) is 9.59 Å². The van der Waals surface area contributed by atoms with E-state index in [0.29, 0.717) is 40.9 Å². The minimum atomic E-state index is -0.833. The average molecular weight is 487 g/mol. The number of esters is 1. The number of nitrogens with two attached hydrogens (primary N) is 1. The van der Waals surface area contributed by atoms with Crippen LogP contribution in [0.4, 0.5) is 0 Å². The van der Waals surface area contributed by atoms with Gasteiger partial charge in [-0.05, 0) is 54.1 Å². The number of aromatic amines is 1. The standard InChI is InChI=1S/C25H22N4O3.C2H4O2/c1-32-25(31)17-7-8-22-18(11-17)19(14-29(22)10-4-9-26)23-24(30)28-21-13-16-6-3-2-5-15(16)12-20(21)27-23;1-2(3)4/h2-3,5-8,11-14H,4,9-10,26H2,1H3,(H,28,30);1H3,(H,3,4). The lowest BCUT2D eigenvalue weighted by molar-refractivity contribution is -0.134. The molecule has 4 N–H and O–H groups in total. The third-order valence-electron chi connectivity index (χ3n) is 5.72. The zero-order chi connectivity index (χ0) is 25.8. The number of nitrogens with one attached hydrogen (secondary N) is 1. The highest BCUT2D eigenvalue weighted by Gasteiger charge is 2.18. The number of aryl methyl sites for hydroxylation is 1. The highest BCUT2D eigenvalue weighted by atomic mass is 16.5. The summed E-state index contributed by atoms with van der Waals surface area (Å²) in [5.74, 6) is -1.26. The molecule has 0 spiro atoms. The van der Waals surface area contributed by atoms with E-state index in [1.54, 1.807) is 12.1 Å². The van der Waals surface area contributed by atoms with Crippen molar-refractivity contribution in [1.82, 2.24) is 14.5 Å². The zero-order valence-electron chi connectivity index (χ0n) is 19.9. The van der Waals surface area contributed by atoms with Crippen LogP contribution in [0.3, 0.4) is 0 Å². The molecule has 0 amide bonds. The van der Waals surface area contributed by atoms with Crippen LogP contribution in [0.25, 0.3) is 44.0 Å². The molecule has 0 unspecified atom stereocenters. The first-order valence-corrected chi connectivity index (χ1v) is 11.4. The van der Waals surface area contributed by atoms with Gasteiger partial charge in [0, 0.05) is 36.1 Å². The van der Waals surface area contributed by atoms with E-state index in [0.717, 1.165) is 35.0 Å². The number of carbonyl (C=O) groups excluding carboxylic acids is 1. The van der Waals surface area contributed by atoms with Crippen LogP contribution in [0.15, 0.2) is 65.6 Å². The van der Waals surface area contributed by atoms with Crippen molar-refractivity contribution < 1.29 is 19.4 Å². The highest BCUT2D eigenvalue weighted by Crippen LogP contribution is 2.30. The van der Waals surface area contributed by atoms with Gasteiger partial charge in [-0.15, -0.1) is 0 Å². The van der Waals surface area contributed by atoms with E-state index in [9.17, 15) is 9.59 Å². The molecule has 184 valence electrons. The fraction of sp³-hybridized carbons (Fsp3) is 0.185. The molecule has 0 saturated heterocycles. The van der Waals surface area contributed by atoms with Gasteiger partial charge in [-0.25, -0.2) is 9.78 Å². The van der Waals surface area contributed by atoms with Crippen LogP contribution in [-0.4, -0.2) is 45.2 Å². The number of aliphatic carboxylic acids is 1. The predicted octanol–water partition coefficient (Wildman–Crippen LogP) is 3.92. The summed E-state index contributed by atoms with van der Waals surface area (Å²) in [5, 5.41) is 10.3. The number of benzene rings is 3. The number of carbonyl (C=O) groups is 2. The lowest BCUT2D eigenvalue weighted by atomic mass is 10.1. The molecule has 9 heteroatoms. The Morgan fingerprint density at radius 1 is 1.11 bits per heavy atom. The molecule has 0 bridgehead atoms. The van der Waals surface area contributed by atoms with Crippen molar-refractivity contribution in [2.45, 2.75) is 19.9 Å². The maximum absolute atomic E-state index is 13.1. The molecule has 0 saturated carbocycles. The van der Waals surface area contributed by atoms with Crippen LogP contribution >= 0.6 is 0 Å². The van der Waals surface area contributed by atoms with E-state index in [4.69, 9.17) is 25.4 Å². The lowest BCUT2D eigenvalue weighted by Gasteiger charge is -2.05. The van der Waals surface area contributed by atoms with E-state index in [1.165, 1.54) is 7.11 Å². The third kappa shape index (κ3) is 4.96. The summed E-state index contributed by atoms with van der Waals surface area (Å²) in [5.41, 5.74) is 9.10. The van der Waals surface area contributed by atoms with Crippen molar-refractivity contribution in [3.63, 3.8) is 0 Å². The average Bonchev–Trinajstić information content (AvgIpc) is 3.22. The summed E-state index contributed by atoms with van der Waals surface area (Å²) < 4.78 is 6.92. The number of ether oxygens (including phenoxy) is 1. The highest BCUT2D eigenvalue weighted by molar-refractivity contribution is 6.02. The Balaban J connectivity index is 0.000000709. The monoisotopic (exact) mass is 486 g/mol. The number of rotatable bonds is 5. The van der Waals surface area contributed by atoms with E-state index < -0.39 is 11.9 Å². The molecule has 0 aliphatic heterocycles. The Bertz CT molecular complexity index is 1650. The molecule has 36 heavy (non-hydrogen) atoms. The minimum absolute atomic E-state index is 0.283. The molecule has 3 aromatic carbocycles. The molecule has 9 nitrogen and oxygen atoms in total. The van der Waals surface area contributed by atoms with Crippen molar-refractivity contribution in [3.05, 3.63) is 76.7 Å². The van der Waals surface area contributed by atoms with Crippen molar-refractivity contribution in [1.29, 1.82) is 0 Å². The maximum Gasteiger partial charge on any atom is 0.337 e. The zero-order valence-corrected chi connectivity index (χ0v) is 19.9. The molecule has 5 rings (SSSR count). The molecular weight excluding hydrogens is 460 g/mol. The Morgan fingerprint density at radius 2 is 1.81 bits per heavy atom. The van der Waals surface area contributed by atoms with Crippen molar-refractivity contribution >= 4 is 44.6 Å². The Labute approximate surface area is 206 Å². The molecule has 0 aliphatic rings. The van der Waals surface area contributed by atoms with Gasteiger partial charge in [0.15, 0.2) is 0 Å². The summed E-state index contributed by atoms with van der Waals surface area (Å²) in [7, 11) is 1.35. The second kappa shape index (κ2) is 10.4. The molecule has 0 atom stereocenters. The fourth-order valence-corrected chi connectivity index (χ4v) is 4.13. The van der Waals surface area contributed by atoms with Crippen LogP contribution in [0, 0.1) is 0 Å². The van der Waals surface area contributed by atoms with Gasteiger partial charge < -0.3 is 25.1 Å². The number of methoxy groups -OCH3 is 1. The summed E-state index contributed by atoms with van der Waals surface area (Å²) in [4.78, 5) is 41.9. The molecule has 0 radical (unpaired) electrons. The summed E-state index contributed by atoms with van der Waals surface area (Å²) in [6, 6.07) is 17.2. The van der Waals surface area contributed by atoms with Gasteiger partial charge in [0.2, 0.25) is 0 Å². The summed E-state index contributed by atoms with van der Waals surface area (Å²) in [6.45, 7) is 2.33. The number of H-pyrrole nitrogens is 1. The van der Waals surface area contributed by atoms with Gasteiger partial charge in [0.05, 0.1) is 23.7 Å². The maximum atomic E-state index is 13.1. The van der Waals surface area contributed by atoms with Crippen LogP contribution in [0.5, 0.6) is 0 Å². The molecule has 2 aromatic heterocycles. The molecule has 2 heterocycles. The lowest BCUT2D eigenvalue weighted by Crippen LogP contribution is -2.11. The van der Waals surface area contributed by atoms with Crippen molar-refractivity contribution in [3.8, 4) is 11.3 Å². The molecule has 0 fully saturated rings. The third-order valence-corrected chi connectivity index (χ3v) is 5.72. The van der Waals surface area contributed by atoms with Crippen molar-refractivity contribution in [2.75, 3.05) is 13.7 Å². The summed E-state index contributed by atoms with van der Waals surface area (Å²) in [6.07, 6.45) is 2.70. The first kappa shape index (κ1) is 24.6. The van der Waals surface area contributed by atoms with Gasteiger partial charge in [0.1, 0.15) is 5.69 Å². The molecular formula is C27H26N4O5. The predicted molar refractivity (Wildman–Crippen MR) is 139 cm³/mol. The Morgan fingerprint density at radius 3 is 2.47 bits per heavy atom. The van der Waals surface area contributed by atoms with Crippen molar-refractivity contribution in [2.24, 2.45) is 5.73 Å². The van der Waals surface area contributed by atoms with Gasteiger partial charge >= 0.3 is 5.97 Å². The number of nitrogens with zero attached hydrogens (tertiary/aromatic N) is 2. The fourth-order valence-electron chi connectivity index (χ4n) is 4.13. The van der Waals surface area contributed by atoms with Crippen LogP contribution in [-0.2, 0) is 16.1 Å². The smallest absolute Gasteiger partial charge is 0.337 e. The number of carboxylic acids is 1. The Hall–Kier alpha value is -4.50. The number of hydrogen-bond acceptors (Lipinski definition) is 6. The van der Waals surface area contributed by atoms with Gasteiger partial charge in [0.25, 0.3) is 11.5 Å². The van der Waals surface area contributed by atoms with E-state index >= 15 is 0 Å². The first-order chi connectivity index (χ1) is 17.3. The SMILES string of the molecule is CC(=O)O.COC(=O)c1ccc2c(c1)c(-c1nc3cc4ccccc4cc3[nH]c1=O)cn2CCCN. The topological polar surface area (TPSA) is 140 Å². The minimum Gasteiger partial charge on any atom is -0.481 e. The number of hydrogen-bond donors (Lipinski definition) is 3. The molecule has 5 aromatic rings. The largest absolute Gasteiger partial charge is 0.481 e. The quantitative estimate of drug-likeness (QED) is 0.253. The first-order valence-electron chi connectivity index (χ1n) is 11.4. The molecule has 0 aliphatic carbocycles. The Kier molecular flexibility index (Phi) is 7.12. The van der Waals surface area contributed by atoms with Gasteiger partial charge in [-0.1, -0.05) is 24.3 Å². The second-order valence-electron chi connectivity index (χ2n) is 8.25. The van der Waals surface area contributed by atoms with E-state index in [2.05, 4.69) is 4.98 Å².